The van der Waals surface area contributed by atoms with Gasteiger partial charge in [0.15, 0.2) is 0 Å². The van der Waals surface area contributed by atoms with Crippen molar-refractivity contribution in [3.05, 3.63) is 24.3 Å². The lowest BCUT2D eigenvalue weighted by Crippen LogP contribution is -2.16. The normalized spacial score (nSPS) is 9.65. The Balaban J connectivity index is 0.00000121. The number of alkyl halides is 3. The van der Waals surface area contributed by atoms with Gasteiger partial charge in [-0.2, -0.15) is 0 Å². The van der Waals surface area contributed by atoms with E-state index in [2.05, 4.69) is 10.7 Å². The fourth-order valence-electron chi connectivity index (χ4n) is 0.863. The standard InChI is InChI=1S/C10H7F3O2.C2H6/c1-2-7-14-8-3-5-9(6-4-8)15-10(11,12)13;1-2/h1,3-6H,7H2;1-2H3. The van der Waals surface area contributed by atoms with E-state index < -0.39 is 6.36 Å². The van der Waals surface area contributed by atoms with Crippen LogP contribution in [0.2, 0.25) is 0 Å². The monoisotopic (exact) mass is 246 g/mol. The van der Waals surface area contributed by atoms with Crippen molar-refractivity contribution in [2.45, 2.75) is 20.2 Å². The van der Waals surface area contributed by atoms with Crippen LogP contribution in [0.1, 0.15) is 13.8 Å². The van der Waals surface area contributed by atoms with Gasteiger partial charge in [-0.25, -0.2) is 0 Å². The molecule has 0 spiro atoms. The average Bonchev–Trinajstić information content (AvgIpc) is 2.29. The van der Waals surface area contributed by atoms with E-state index in [0.29, 0.717) is 5.75 Å². The lowest BCUT2D eigenvalue weighted by Gasteiger charge is -2.09. The van der Waals surface area contributed by atoms with Gasteiger partial charge in [0.25, 0.3) is 0 Å². The lowest BCUT2D eigenvalue weighted by molar-refractivity contribution is -0.274. The summed E-state index contributed by atoms with van der Waals surface area (Å²) in [6.07, 6.45) is 0.262. The fraction of sp³-hybridized carbons (Fsp3) is 0.333. The molecule has 5 heteroatoms. The van der Waals surface area contributed by atoms with Gasteiger partial charge in [0.05, 0.1) is 0 Å². The number of terminal acetylenes is 1. The molecule has 0 amide bonds. The van der Waals surface area contributed by atoms with Gasteiger partial charge in [0, 0.05) is 0 Å². The van der Waals surface area contributed by atoms with Crippen molar-refractivity contribution in [2.75, 3.05) is 6.61 Å². The second-order valence-corrected chi connectivity index (χ2v) is 2.51. The number of hydrogen-bond donors (Lipinski definition) is 0. The number of rotatable bonds is 3. The Kier molecular flexibility index (Phi) is 6.64. The third kappa shape index (κ3) is 7.12. The molecular formula is C12H13F3O2. The molecule has 0 N–H and O–H groups in total. The van der Waals surface area contributed by atoms with Crippen LogP contribution in [0.5, 0.6) is 11.5 Å². The van der Waals surface area contributed by atoms with E-state index in [1.165, 1.54) is 12.1 Å². The van der Waals surface area contributed by atoms with E-state index in [4.69, 9.17) is 11.2 Å². The SMILES string of the molecule is C#CCOc1ccc(OC(F)(F)F)cc1.CC. The number of benzene rings is 1. The first-order valence-electron chi connectivity index (χ1n) is 4.93. The minimum Gasteiger partial charge on any atom is -0.481 e. The highest BCUT2D eigenvalue weighted by Crippen LogP contribution is 2.24. The van der Waals surface area contributed by atoms with Crippen LogP contribution >= 0.6 is 0 Å². The third-order valence-electron chi connectivity index (χ3n) is 1.38. The molecule has 0 unspecified atom stereocenters. The summed E-state index contributed by atoms with van der Waals surface area (Å²) < 4.78 is 43.9. The van der Waals surface area contributed by atoms with E-state index in [0.717, 1.165) is 12.1 Å². The molecule has 1 aromatic carbocycles. The van der Waals surface area contributed by atoms with Gasteiger partial charge < -0.3 is 9.47 Å². The third-order valence-corrected chi connectivity index (χ3v) is 1.38. The van der Waals surface area contributed by atoms with Crippen LogP contribution in [0, 0.1) is 12.3 Å². The van der Waals surface area contributed by atoms with Crippen LogP contribution < -0.4 is 9.47 Å². The predicted molar refractivity (Wildman–Crippen MR) is 58.8 cm³/mol. The van der Waals surface area contributed by atoms with Crippen LogP contribution in [0.4, 0.5) is 13.2 Å². The maximum Gasteiger partial charge on any atom is 0.573 e. The molecule has 1 aromatic rings. The molecule has 0 saturated carbocycles. The van der Waals surface area contributed by atoms with Gasteiger partial charge in [0.1, 0.15) is 18.1 Å². The summed E-state index contributed by atoms with van der Waals surface area (Å²) in [6.45, 7) is 4.07. The first-order valence-corrected chi connectivity index (χ1v) is 4.93. The zero-order valence-electron chi connectivity index (χ0n) is 9.54. The smallest absolute Gasteiger partial charge is 0.481 e. The van der Waals surface area contributed by atoms with E-state index in [-0.39, 0.29) is 12.4 Å². The highest BCUT2D eigenvalue weighted by Gasteiger charge is 2.30. The maximum absolute atomic E-state index is 11.8. The summed E-state index contributed by atoms with van der Waals surface area (Å²) >= 11 is 0. The Morgan fingerprint density at radius 1 is 1.12 bits per heavy atom. The molecule has 0 aromatic heterocycles. The molecule has 0 saturated heterocycles. The lowest BCUT2D eigenvalue weighted by atomic mass is 10.3. The average molecular weight is 246 g/mol. The molecule has 0 aliphatic rings. The Hall–Kier alpha value is -1.83. The first kappa shape index (κ1) is 15.2. The van der Waals surface area contributed by atoms with Crippen LogP contribution in [0.25, 0.3) is 0 Å². The van der Waals surface area contributed by atoms with Crippen LogP contribution in [-0.2, 0) is 0 Å². The second-order valence-electron chi connectivity index (χ2n) is 2.51. The van der Waals surface area contributed by atoms with Gasteiger partial charge in [-0.15, -0.1) is 19.6 Å². The summed E-state index contributed by atoms with van der Waals surface area (Å²) in [5.41, 5.74) is 0. The molecule has 0 heterocycles. The Morgan fingerprint density at radius 2 is 1.59 bits per heavy atom. The van der Waals surface area contributed by atoms with Crippen molar-refractivity contribution in [2.24, 2.45) is 0 Å². The molecule has 0 radical (unpaired) electrons. The molecule has 17 heavy (non-hydrogen) atoms. The summed E-state index contributed by atoms with van der Waals surface area (Å²) in [5.74, 6) is 2.33. The second kappa shape index (κ2) is 7.44. The highest BCUT2D eigenvalue weighted by molar-refractivity contribution is 5.31. The van der Waals surface area contributed by atoms with Gasteiger partial charge >= 0.3 is 6.36 Å². The first-order chi connectivity index (χ1) is 8.01. The van der Waals surface area contributed by atoms with Crippen molar-refractivity contribution in [3.63, 3.8) is 0 Å². The Morgan fingerprint density at radius 3 is 2.00 bits per heavy atom. The van der Waals surface area contributed by atoms with Crippen molar-refractivity contribution in [1.29, 1.82) is 0 Å². The number of ether oxygens (including phenoxy) is 2. The quantitative estimate of drug-likeness (QED) is 0.758. The zero-order valence-corrected chi connectivity index (χ0v) is 9.54. The largest absolute Gasteiger partial charge is 0.573 e. The molecule has 0 aliphatic heterocycles. The van der Waals surface area contributed by atoms with Crippen molar-refractivity contribution >= 4 is 0 Å². The minimum atomic E-state index is -4.68. The molecule has 0 fully saturated rings. The zero-order chi connectivity index (χ0) is 13.3. The van der Waals surface area contributed by atoms with E-state index in [1.54, 1.807) is 0 Å². The molecule has 0 bridgehead atoms. The summed E-state index contributed by atoms with van der Waals surface area (Å²) in [5, 5.41) is 0. The van der Waals surface area contributed by atoms with Crippen molar-refractivity contribution < 1.29 is 22.6 Å². The summed E-state index contributed by atoms with van der Waals surface area (Å²) in [7, 11) is 0. The van der Waals surface area contributed by atoms with E-state index in [1.807, 2.05) is 13.8 Å². The summed E-state index contributed by atoms with van der Waals surface area (Å²) in [4.78, 5) is 0. The minimum absolute atomic E-state index is 0.0689. The van der Waals surface area contributed by atoms with Gasteiger partial charge in [-0.1, -0.05) is 19.8 Å². The van der Waals surface area contributed by atoms with Crippen molar-refractivity contribution in [1.82, 2.24) is 0 Å². The number of hydrogen-bond acceptors (Lipinski definition) is 2. The Labute approximate surface area is 98.3 Å². The number of halogens is 3. The molecule has 94 valence electrons. The Bertz CT molecular complexity index is 349. The highest BCUT2D eigenvalue weighted by atomic mass is 19.4. The predicted octanol–water partition coefficient (Wildman–Crippen LogP) is 3.62. The van der Waals surface area contributed by atoms with Crippen molar-refractivity contribution in [3.8, 4) is 23.8 Å². The topological polar surface area (TPSA) is 18.5 Å². The molecule has 0 aliphatic carbocycles. The van der Waals surface area contributed by atoms with Gasteiger partial charge in [0.2, 0.25) is 0 Å². The van der Waals surface area contributed by atoms with Crippen LogP contribution in [-0.4, -0.2) is 13.0 Å². The van der Waals surface area contributed by atoms with Gasteiger partial charge in [-0.3, -0.25) is 0 Å². The molecule has 2 nitrogen and oxygen atoms in total. The molecule has 1 rings (SSSR count). The maximum atomic E-state index is 11.8. The van der Waals surface area contributed by atoms with E-state index in [9.17, 15) is 13.2 Å². The van der Waals surface area contributed by atoms with Gasteiger partial charge in [-0.05, 0) is 24.3 Å². The summed E-state index contributed by atoms with van der Waals surface area (Å²) in [6, 6.07) is 5.00. The molecule has 0 atom stereocenters. The van der Waals surface area contributed by atoms with Crippen LogP contribution in [0.3, 0.4) is 0 Å². The van der Waals surface area contributed by atoms with E-state index >= 15 is 0 Å². The molecular weight excluding hydrogens is 233 g/mol. The van der Waals surface area contributed by atoms with Crippen LogP contribution in [0.15, 0.2) is 24.3 Å². The fourth-order valence-corrected chi connectivity index (χ4v) is 0.863.